The first kappa shape index (κ1) is 13.1. The lowest BCUT2D eigenvalue weighted by Gasteiger charge is -2.29. The number of benzene rings is 1. The third kappa shape index (κ3) is 2.67. The number of aromatic nitrogens is 3. The maximum atomic E-state index is 9.95. The van der Waals surface area contributed by atoms with Crippen LogP contribution < -0.4 is 0 Å². The van der Waals surface area contributed by atoms with Crippen molar-refractivity contribution in [3.8, 4) is 11.6 Å². The van der Waals surface area contributed by atoms with E-state index in [1.54, 1.807) is 4.68 Å². The molecule has 1 aliphatic heterocycles. The molecule has 0 atom stereocenters. The molecule has 106 valence electrons. The molecule has 0 saturated carbocycles. The predicted octanol–water partition coefficient (Wildman–Crippen LogP) is 2.20. The summed E-state index contributed by atoms with van der Waals surface area (Å²) in [7, 11) is 0. The number of nitrogens with zero attached hydrogens (tertiary/aromatic N) is 4. The van der Waals surface area contributed by atoms with Crippen molar-refractivity contribution in [2.75, 3.05) is 13.1 Å². The summed E-state index contributed by atoms with van der Waals surface area (Å²) in [5.41, 5.74) is 1.70. The fourth-order valence-electron chi connectivity index (χ4n) is 2.64. The molecule has 5 nitrogen and oxygen atoms in total. The van der Waals surface area contributed by atoms with E-state index in [1.165, 1.54) is 12.8 Å². The van der Waals surface area contributed by atoms with Crippen molar-refractivity contribution in [3.63, 3.8) is 0 Å². The second-order valence-electron chi connectivity index (χ2n) is 5.57. The molecule has 20 heavy (non-hydrogen) atoms. The number of likely N-dealkylation sites (tertiary alicyclic amines) is 1. The van der Waals surface area contributed by atoms with Crippen LogP contribution in [0.1, 0.15) is 25.5 Å². The highest BCUT2D eigenvalue weighted by Crippen LogP contribution is 2.23. The van der Waals surface area contributed by atoms with Crippen LogP contribution in [0.5, 0.6) is 5.88 Å². The van der Waals surface area contributed by atoms with Gasteiger partial charge in [-0.15, -0.1) is 0 Å². The summed E-state index contributed by atoms with van der Waals surface area (Å²) in [5.74, 6) is 0.837. The van der Waals surface area contributed by atoms with Crippen molar-refractivity contribution >= 4 is 0 Å². The Hall–Kier alpha value is -1.88. The quantitative estimate of drug-likeness (QED) is 0.930. The van der Waals surface area contributed by atoms with Gasteiger partial charge in [-0.1, -0.05) is 35.4 Å². The van der Waals surface area contributed by atoms with Gasteiger partial charge in [-0.2, -0.15) is 0 Å². The molecule has 5 heteroatoms. The van der Waals surface area contributed by atoms with E-state index in [-0.39, 0.29) is 5.88 Å². The second kappa shape index (κ2) is 5.63. The largest absolute Gasteiger partial charge is 0.491 e. The van der Waals surface area contributed by atoms with Crippen molar-refractivity contribution in [1.29, 1.82) is 0 Å². The molecular weight excluding hydrogens is 252 g/mol. The van der Waals surface area contributed by atoms with Gasteiger partial charge in [-0.3, -0.25) is 4.90 Å². The average molecular weight is 272 g/mol. The van der Waals surface area contributed by atoms with Gasteiger partial charge in [-0.25, -0.2) is 4.68 Å². The molecule has 0 unspecified atom stereocenters. The fourth-order valence-corrected chi connectivity index (χ4v) is 2.64. The molecule has 2 aromatic rings. The van der Waals surface area contributed by atoms with E-state index in [1.807, 2.05) is 30.3 Å². The summed E-state index contributed by atoms with van der Waals surface area (Å²) in [5, 5.41) is 17.8. The number of rotatable bonds is 3. The Morgan fingerprint density at radius 3 is 2.60 bits per heavy atom. The van der Waals surface area contributed by atoms with Gasteiger partial charge in [0.1, 0.15) is 5.69 Å². The maximum absolute atomic E-state index is 9.95. The Morgan fingerprint density at radius 2 is 1.90 bits per heavy atom. The molecule has 1 saturated heterocycles. The highest BCUT2D eigenvalue weighted by atomic mass is 16.3. The van der Waals surface area contributed by atoms with Crippen LogP contribution in [0.15, 0.2) is 30.3 Å². The maximum Gasteiger partial charge on any atom is 0.256 e. The van der Waals surface area contributed by atoms with E-state index in [0.29, 0.717) is 6.54 Å². The zero-order valence-electron chi connectivity index (χ0n) is 11.7. The number of hydrogen-bond donors (Lipinski definition) is 1. The first-order valence-electron chi connectivity index (χ1n) is 7.15. The monoisotopic (exact) mass is 272 g/mol. The van der Waals surface area contributed by atoms with Crippen LogP contribution in [0, 0.1) is 5.92 Å². The van der Waals surface area contributed by atoms with E-state index < -0.39 is 0 Å². The average Bonchev–Trinajstić information content (AvgIpc) is 2.84. The van der Waals surface area contributed by atoms with Gasteiger partial charge in [0.05, 0.1) is 5.69 Å². The Labute approximate surface area is 118 Å². The number of aromatic hydroxyl groups is 1. The summed E-state index contributed by atoms with van der Waals surface area (Å²) >= 11 is 0. The van der Waals surface area contributed by atoms with Gasteiger partial charge in [0, 0.05) is 6.54 Å². The molecule has 3 rings (SSSR count). The minimum absolute atomic E-state index is 0.0347. The van der Waals surface area contributed by atoms with Crippen LogP contribution in [-0.2, 0) is 6.54 Å². The van der Waals surface area contributed by atoms with E-state index in [0.717, 1.165) is 30.4 Å². The van der Waals surface area contributed by atoms with Gasteiger partial charge < -0.3 is 5.11 Å². The Morgan fingerprint density at radius 1 is 1.20 bits per heavy atom. The van der Waals surface area contributed by atoms with E-state index >= 15 is 0 Å². The third-order valence-corrected chi connectivity index (χ3v) is 3.99. The number of hydrogen-bond acceptors (Lipinski definition) is 4. The van der Waals surface area contributed by atoms with Crippen molar-refractivity contribution in [3.05, 3.63) is 36.0 Å². The van der Waals surface area contributed by atoms with Gasteiger partial charge in [0.15, 0.2) is 0 Å². The molecule has 0 radical (unpaired) electrons. The predicted molar refractivity (Wildman–Crippen MR) is 76.7 cm³/mol. The number of para-hydroxylation sites is 1. The minimum atomic E-state index is 0.0347. The van der Waals surface area contributed by atoms with Crippen molar-refractivity contribution in [2.24, 2.45) is 5.92 Å². The highest BCUT2D eigenvalue weighted by Gasteiger charge is 2.20. The summed E-state index contributed by atoms with van der Waals surface area (Å²) in [6.45, 7) is 5.13. The van der Waals surface area contributed by atoms with Crippen LogP contribution in [0.4, 0.5) is 0 Å². The smallest absolute Gasteiger partial charge is 0.256 e. The van der Waals surface area contributed by atoms with Gasteiger partial charge in [0.2, 0.25) is 0 Å². The van der Waals surface area contributed by atoms with Crippen LogP contribution >= 0.6 is 0 Å². The van der Waals surface area contributed by atoms with Gasteiger partial charge >= 0.3 is 0 Å². The molecule has 1 aliphatic rings. The molecule has 1 aromatic carbocycles. The SMILES string of the molecule is CC1CCN(Cc2c(O)nnn2-c2ccccc2)CC1. The standard InChI is InChI=1S/C15H20N4O/c1-12-7-9-18(10-8-12)11-14-15(20)16-17-19(14)13-5-3-2-4-6-13/h2-6,12,20H,7-11H2,1H3. The Bertz CT molecular complexity index is 559. The zero-order chi connectivity index (χ0) is 13.9. The zero-order valence-corrected chi connectivity index (χ0v) is 11.7. The molecular formula is C15H20N4O. The first-order chi connectivity index (χ1) is 9.74. The second-order valence-corrected chi connectivity index (χ2v) is 5.57. The normalized spacial score (nSPS) is 17.4. The Kier molecular flexibility index (Phi) is 3.69. The van der Waals surface area contributed by atoms with Crippen molar-refractivity contribution < 1.29 is 5.11 Å². The molecule has 0 amide bonds. The summed E-state index contributed by atoms with van der Waals surface area (Å²) in [6.07, 6.45) is 2.43. The van der Waals surface area contributed by atoms with E-state index in [9.17, 15) is 5.11 Å². The number of piperidine rings is 1. The van der Waals surface area contributed by atoms with Gasteiger partial charge in [0.25, 0.3) is 5.88 Å². The van der Waals surface area contributed by atoms with Crippen molar-refractivity contribution in [2.45, 2.75) is 26.3 Å². The lowest BCUT2D eigenvalue weighted by Crippen LogP contribution is -2.33. The van der Waals surface area contributed by atoms with E-state index in [4.69, 9.17) is 0 Å². The molecule has 1 fully saturated rings. The third-order valence-electron chi connectivity index (χ3n) is 3.99. The molecule has 0 spiro atoms. The molecule has 1 aromatic heterocycles. The van der Waals surface area contributed by atoms with Crippen LogP contribution in [0.25, 0.3) is 5.69 Å². The van der Waals surface area contributed by atoms with Crippen LogP contribution in [-0.4, -0.2) is 38.1 Å². The van der Waals surface area contributed by atoms with E-state index in [2.05, 4.69) is 22.1 Å². The van der Waals surface area contributed by atoms with Crippen LogP contribution in [0.2, 0.25) is 0 Å². The lowest BCUT2D eigenvalue weighted by atomic mass is 9.99. The molecule has 2 heterocycles. The summed E-state index contributed by atoms with van der Waals surface area (Å²) in [6, 6.07) is 9.82. The summed E-state index contributed by atoms with van der Waals surface area (Å²) < 4.78 is 1.73. The lowest BCUT2D eigenvalue weighted by molar-refractivity contribution is 0.180. The molecule has 0 aliphatic carbocycles. The fraction of sp³-hybridized carbons (Fsp3) is 0.467. The van der Waals surface area contributed by atoms with Crippen LogP contribution in [0.3, 0.4) is 0 Å². The summed E-state index contributed by atoms with van der Waals surface area (Å²) in [4.78, 5) is 2.36. The van der Waals surface area contributed by atoms with Gasteiger partial charge in [-0.05, 0) is 44.0 Å². The highest BCUT2D eigenvalue weighted by molar-refractivity contribution is 5.34. The first-order valence-corrected chi connectivity index (χ1v) is 7.15. The van der Waals surface area contributed by atoms with Crippen molar-refractivity contribution in [1.82, 2.24) is 19.9 Å². The Balaban J connectivity index is 1.81. The topological polar surface area (TPSA) is 54.2 Å². The minimum Gasteiger partial charge on any atom is -0.491 e. The molecule has 0 bridgehead atoms. The molecule has 1 N–H and O–H groups in total.